The lowest BCUT2D eigenvalue weighted by atomic mass is 10.1. The molecule has 0 radical (unpaired) electrons. The molecular weight excluding hydrogens is 180 g/mol. The van der Waals surface area contributed by atoms with E-state index >= 15 is 0 Å². The summed E-state index contributed by atoms with van der Waals surface area (Å²) in [6, 6.07) is -0.265. The first-order chi connectivity index (χ1) is 5.61. The van der Waals surface area contributed by atoms with Crippen molar-refractivity contribution < 1.29 is 13.9 Å². The van der Waals surface area contributed by atoms with Crippen molar-refractivity contribution in [2.45, 2.75) is 25.0 Å². The number of nitrogens with zero attached hydrogens (tertiary/aromatic N) is 1. The van der Waals surface area contributed by atoms with E-state index in [1.165, 1.54) is 4.31 Å². The Kier molecular flexibility index (Phi) is 3.60. The molecular formula is C6H14N2O3S. The van der Waals surface area contributed by atoms with Crippen molar-refractivity contribution in [3.8, 4) is 0 Å². The summed E-state index contributed by atoms with van der Waals surface area (Å²) in [5.41, 5.74) is 5.58. The molecule has 1 unspecified atom stereocenters. The number of rotatable bonds is 1. The van der Waals surface area contributed by atoms with E-state index in [0.717, 1.165) is 6.42 Å². The predicted octanol–water partition coefficient (Wildman–Crippen LogP) is -1.09. The van der Waals surface area contributed by atoms with Gasteiger partial charge >= 0.3 is 0 Å². The maximum absolute atomic E-state index is 10.6. The van der Waals surface area contributed by atoms with Gasteiger partial charge in [-0.15, -0.1) is 0 Å². The summed E-state index contributed by atoms with van der Waals surface area (Å²) in [6.45, 7) is 0.706. The highest BCUT2D eigenvalue weighted by Gasteiger charge is 2.24. The van der Waals surface area contributed by atoms with Crippen LogP contribution in [-0.2, 0) is 11.3 Å². The highest BCUT2D eigenvalue weighted by molar-refractivity contribution is 7.76. The molecule has 0 aromatic carbocycles. The normalized spacial score (nSPS) is 35.9. The third-order valence-corrected chi connectivity index (χ3v) is 2.82. The van der Waals surface area contributed by atoms with E-state index in [4.69, 9.17) is 10.3 Å². The van der Waals surface area contributed by atoms with Crippen LogP contribution in [0.25, 0.3) is 0 Å². The molecule has 0 amide bonds. The van der Waals surface area contributed by atoms with E-state index in [1.807, 2.05) is 0 Å². The summed E-state index contributed by atoms with van der Waals surface area (Å²) in [5.74, 6) is 0. The molecule has 12 heavy (non-hydrogen) atoms. The van der Waals surface area contributed by atoms with Crippen LogP contribution >= 0.6 is 0 Å². The van der Waals surface area contributed by atoms with Gasteiger partial charge in [0.25, 0.3) is 0 Å². The minimum absolute atomic E-state index is 0.185. The molecule has 5 nitrogen and oxygen atoms in total. The molecule has 0 aliphatic carbocycles. The smallest absolute Gasteiger partial charge is 0.234 e. The first-order valence-electron chi connectivity index (χ1n) is 3.91. The fourth-order valence-corrected chi connectivity index (χ4v) is 1.84. The maximum atomic E-state index is 10.6. The predicted molar refractivity (Wildman–Crippen MR) is 45.6 cm³/mol. The molecule has 6 heteroatoms. The number of hydrogen-bond donors (Lipinski definition) is 3. The average Bonchev–Trinajstić information content (AvgIpc) is 2.15. The van der Waals surface area contributed by atoms with Crippen molar-refractivity contribution in [1.82, 2.24) is 4.31 Å². The van der Waals surface area contributed by atoms with Crippen LogP contribution in [0.15, 0.2) is 0 Å². The molecule has 4 N–H and O–H groups in total. The van der Waals surface area contributed by atoms with Gasteiger partial charge < -0.3 is 10.8 Å². The molecule has 1 rings (SSSR count). The van der Waals surface area contributed by atoms with Crippen molar-refractivity contribution in [2.75, 3.05) is 13.1 Å². The van der Waals surface area contributed by atoms with E-state index in [0.29, 0.717) is 13.0 Å². The van der Waals surface area contributed by atoms with Gasteiger partial charge in [0.05, 0.1) is 6.10 Å². The first kappa shape index (κ1) is 10.1. The van der Waals surface area contributed by atoms with E-state index in [9.17, 15) is 9.32 Å². The number of nitrogens with two attached hydrogens (primary N) is 1. The Hall–Kier alpha value is -0.0100. The van der Waals surface area contributed by atoms with Crippen molar-refractivity contribution in [3.63, 3.8) is 0 Å². The topological polar surface area (TPSA) is 86.8 Å². The van der Waals surface area contributed by atoms with E-state index < -0.39 is 17.4 Å². The third kappa shape index (κ3) is 2.49. The van der Waals surface area contributed by atoms with Gasteiger partial charge in [-0.1, -0.05) is 0 Å². The number of aliphatic hydroxyl groups is 1. The van der Waals surface area contributed by atoms with Gasteiger partial charge in [0.15, 0.2) is 0 Å². The summed E-state index contributed by atoms with van der Waals surface area (Å²) in [4.78, 5) is 0. The van der Waals surface area contributed by atoms with Gasteiger partial charge in [0.1, 0.15) is 0 Å². The van der Waals surface area contributed by atoms with Crippen molar-refractivity contribution in [2.24, 2.45) is 5.73 Å². The summed E-state index contributed by atoms with van der Waals surface area (Å²) >= 11 is -1.98. The van der Waals surface area contributed by atoms with Gasteiger partial charge in [-0.25, -0.2) is 4.21 Å². The van der Waals surface area contributed by atoms with Crippen LogP contribution in [0, 0.1) is 0 Å². The van der Waals surface area contributed by atoms with E-state index in [1.54, 1.807) is 0 Å². The molecule has 0 aromatic rings. The second-order valence-electron chi connectivity index (χ2n) is 2.99. The monoisotopic (exact) mass is 194 g/mol. The van der Waals surface area contributed by atoms with Crippen molar-refractivity contribution in [1.29, 1.82) is 0 Å². The number of hydrogen-bond acceptors (Lipinski definition) is 3. The van der Waals surface area contributed by atoms with Crippen molar-refractivity contribution >= 4 is 11.3 Å². The number of aliphatic hydroxyl groups excluding tert-OH is 1. The second kappa shape index (κ2) is 4.29. The second-order valence-corrected chi connectivity index (χ2v) is 3.97. The van der Waals surface area contributed by atoms with Crippen LogP contribution < -0.4 is 5.73 Å². The first-order valence-corrected chi connectivity index (χ1v) is 4.97. The summed E-state index contributed by atoms with van der Waals surface area (Å²) in [6.07, 6.45) is 0.767. The Morgan fingerprint density at radius 2 is 2.25 bits per heavy atom. The van der Waals surface area contributed by atoms with Gasteiger partial charge in [0, 0.05) is 19.1 Å². The Balaban J connectivity index is 2.54. The van der Waals surface area contributed by atoms with Gasteiger partial charge in [-0.05, 0) is 12.8 Å². The molecule has 0 bridgehead atoms. The van der Waals surface area contributed by atoms with Crippen LogP contribution in [0.5, 0.6) is 0 Å². The van der Waals surface area contributed by atoms with Gasteiger partial charge in [-0.3, -0.25) is 4.55 Å². The Bertz CT molecular complexity index is 178. The Morgan fingerprint density at radius 1 is 1.58 bits per heavy atom. The molecule has 1 saturated heterocycles. The minimum atomic E-state index is -1.98. The lowest BCUT2D eigenvalue weighted by Crippen LogP contribution is -2.40. The quantitative estimate of drug-likeness (QED) is 0.463. The van der Waals surface area contributed by atoms with Crippen LogP contribution in [0.2, 0.25) is 0 Å². The van der Waals surface area contributed by atoms with Gasteiger partial charge in [0.2, 0.25) is 11.3 Å². The zero-order chi connectivity index (χ0) is 9.14. The lowest BCUT2D eigenvalue weighted by Gasteiger charge is -2.18. The molecule has 0 spiro atoms. The minimum Gasteiger partial charge on any atom is -0.390 e. The summed E-state index contributed by atoms with van der Waals surface area (Å²) in [7, 11) is 0. The Morgan fingerprint density at radius 3 is 2.83 bits per heavy atom. The summed E-state index contributed by atoms with van der Waals surface area (Å²) < 4.78 is 20.7. The Labute approximate surface area is 74.0 Å². The highest BCUT2D eigenvalue weighted by Crippen LogP contribution is 2.10. The third-order valence-electron chi connectivity index (χ3n) is 2.05. The fraction of sp³-hybridized carbons (Fsp3) is 1.00. The number of β-amino-alcohol motifs (C(OH)–C–C–N with tert-alkyl or cyclic N) is 1. The molecule has 72 valence electrons. The molecule has 1 aliphatic heterocycles. The fourth-order valence-electron chi connectivity index (χ4n) is 1.27. The van der Waals surface area contributed by atoms with Crippen LogP contribution in [0.4, 0.5) is 0 Å². The molecule has 1 fully saturated rings. The zero-order valence-corrected chi connectivity index (χ0v) is 7.54. The zero-order valence-electron chi connectivity index (χ0n) is 6.72. The SMILES string of the molecule is N[C@H]1CCCN(S(=O)O)C[C@@H]1O. The average molecular weight is 194 g/mol. The molecule has 0 aromatic heterocycles. The van der Waals surface area contributed by atoms with Gasteiger partial charge in [-0.2, -0.15) is 4.31 Å². The van der Waals surface area contributed by atoms with Crippen LogP contribution in [0.3, 0.4) is 0 Å². The molecule has 1 aliphatic rings. The molecule has 0 saturated carbocycles. The maximum Gasteiger partial charge on any atom is 0.234 e. The van der Waals surface area contributed by atoms with Crippen LogP contribution in [-0.4, -0.2) is 43.4 Å². The van der Waals surface area contributed by atoms with Crippen molar-refractivity contribution in [3.05, 3.63) is 0 Å². The van der Waals surface area contributed by atoms with E-state index in [2.05, 4.69) is 0 Å². The molecule has 3 atom stereocenters. The standard InChI is InChI=1S/C6H14N2O3S/c7-5-2-1-3-8(12(10)11)4-6(5)9/h5-6,9H,1-4,7H2,(H,10,11)/t5-,6-/m0/s1. The summed E-state index contributed by atoms with van der Waals surface area (Å²) in [5, 5.41) is 9.36. The molecule has 1 heterocycles. The van der Waals surface area contributed by atoms with E-state index in [-0.39, 0.29) is 12.6 Å². The highest BCUT2D eigenvalue weighted by atomic mass is 32.2. The lowest BCUT2D eigenvalue weighted by molar-refractivity contribution is 0.130. The van der Waals surface area contributed by atoms with Crippen LogP contribution in [0.1, 0.15) is 12.8 Å². The largest absolute Gasteiger partial charge is 0.390 e.